The predicted octanol–water partition coefficient (Wildman–Crippen LogP) is 3.99. The highest BCUT2D eigenvalue weighted by Gasteiger charge is 2.56. The predicted molar refractivity (Wildman–Crippen MR) is 142 cm³/mol. The quantitative estimate of drug-likeness (QED) is 0.553. The van der Waals surface area contributed by atoms with Crippen molar-refractivity contribution in [2.75, 3.05) is 40.3 Å². The van der Waals surface area contributed by atoms with Gasteiger partial charge in [-0.25, -0.2) is 4.79 Å². The summed E-state index contributed by atoms with van der Waals surface area (Å²) in [4.78, 5) is 46.1. The van der Waals surface area contributed by atoms with Crippen molar-refractivity contribution in [1.29, 1.82) is 0 Å². The van der Waals surface area contributed by atoms with Gasteiger partial charge in [0.25, 0.3) is 5.91 Å². The van der Waals surface area contributed by atoms with Gasteiger partial charge in [0.1, 0.15) is 5.54 Å². The van der Waals surface area contributed by atoms with Gasteiger partial charge in [0.15, 0.2) is 0 Å². The molecule has 198 valence electrons. The molecule has 2 heterocycles. The first-order valence-electron chi connectivity index (χ1n) is 13.8. The van der Waals surface area contributed by atoms with Crippen molar-refractivity contribution in [3.05, 3.63) is 35.4 Å². The topological polar surface area (TPSA) is 73.0 Å². The second kappa shape index (κ2) is 10.9. The van der Waals surface area contributed by atoms with E-state index >= 15 is 0 Å². The summed E-state index contributed by atoms with van der Waals surface area (Å²) in [7, 11) is 3.99. The summed E-state index contributed by atoms with van der Waals surface area (Å²) in [5.74, 6) is 0.176. The Balaban J connectivity index is 1.53. The van der Waals surface area contributed by atoms with E-state index in [1.165, 1.54) is 11.3 Å². The second-order valence-corrected chi connectivity index (χ2v) is 11.8. The van der Waals surface area contributed by atoms with E-state index < -0.39 is 5.54 Å². The molecule has 1 aromatic carbocycles. The first-order valence-corrected chi connectivity index (χ1v) is 13.8. The monoisotopic (exact) mass is 496 g/mol. The molecule has 0 bridgehead atoms. The Morgan fingerprint density at radius 2 is 1.75 bits per heavy atom. The molecule has 1 saturated carbocycles. The number of urea groups is 1. The average molecular weight is 497 g/mol. The van der Waals surface area contributed by atoms with Crippen molar-refractivity contribution in [2.24, 2.45) is 11.3 Å². The summed E-state index contributed by atoms with van der Waals surface area (Å²) in [6.07, 6.45) is 8.11. The number of benzene rings is 1. The summed E-state index contributed by atoms with van der Waals surface area (Å²) < 4.78 is 0. The first-order chi connectivity index (χ1) is 17.2. The van der Waals surface area contributed by atoms with E-state index in [0.717, 1.165) is 62.6 Å². The first kappa shape index (κ1) is 26.6. The zero-order valence-corrected chi connectivity index (χ0v) is 22.6. The van der Waals surface area contributed by atoms with Crippen molar-refractivity contribution >= 4 is 17.8 Å². The van der Waals surface area contributed by atoms with Crippen molar-refractivity contribution in [1.82, 2.24) is 20.0 Å². The Hall–Kier alpha value is -2.41. The molecule has 3 fully saturated rings. The van der Waals surface area contributed by atoms with E-state index in [-0.39, 0.29) is 29.2 Å². The molecule has 2 saturated heterocycles. The van der Waals surface area contributed by atoms with Gasteiger partial charge in [-0.3, -0.25) is 14.5 Å². The molecule has 7 nitrogen and oxygen atoms in total. The lowest BCUT2D eigenvalue weighted by atomic mass is 9.72. The molecule has 7 heteroatoms. The fourth-order valence-corrected chi connectivity index (χ4v) is 6.55. The number of likely N-dealkylation sites (tertiary alicyclic amines) is 1. The normalized spacial score (nSPS) is 24.9. The molecular formula is C29H44N4O3. The van der Waals surface area contributed by atoms with Crippen LogP contribution in [0, 0.1) is 18.3 Å². The Labute approximate surface area is 216 Å². The van der Waals surface area contributed by atoms with Crippen LogP contribution in [0.15, 0.2) is 24.3 Å². The van der Waals surface area contributed by atoms with Gasteiger partial charge in [-0.15, -0.1) is 0 Å². The van der Waals surface area contributed by atoms with Gasteiger partial charge in [-0.05, 0) is 76.7 Å². The van der Waals surface area contributed by atoms with Crippen LogP contribution in [0.25, 0.3) is 0 Å². The molecule has 1 atom stereocenters. The van der Waals surface area contributed by atoms with Gasteiger partial charge in [0.2, 0.25) is 5.91 Å². The van der Waals surface area contributed by atoms with Gasteiger partial charge in [0.05, 0.1) is 0 Å². The summed E-state index contributed by atoms with van der Waals surface area (Å²) in [5, 5.41) is 3.19. The maximum absolute atomic E-state index is 14.0. The van der Waals surface area contributed by atoms with E-state index in [1.807, 2.05) is 31.1 Å². The van der Waals surface area contributed by atoms with E-state index in [4.69, 9.17) is 0 Å². The highest BCUT2D eigenvalue weighted by Crippen LogP contribution is 2.41. The fourth-order valence-electron chi connectivity index (χ4n) is 6.55. The van der Waals surface area contributed by atoms with Crippen LogP contribution >= 0.6 is 0 Å². The number of aryl methyl sites for hydroxylation is 1. The highest BCUT2D eigenvalue weighted by atomic mass is 16.2. The lowest BCUT2D eigenvalue weighted by molar-refractivity contribution is -0.145. The van der Waals surface area contributed by atoms with Gasteiger partial charge in [0, 0.05) is 31.5 Å². The number of carbonyl (C=O) groups excluding carboxylic acids is 3. The average Bonchev–Trinajstić information content (AvgIpc) is 3.10. The van der Waals surface area contributed by atoms with Crippen molar-refractivity contribution in [2.45, 2.75) is 77.2 Å². The maximum atomic E-state index is 14.0. The van der Waals surface area contributed by atoms with Crippen molar-refractivity contribution in [3.63, 3.8) is 0 Å². The van der Waals surface area contributed by atoms with Crippen LogP contribution in [0.2, 0.25) is 0 Å². The number of carbonyl (C=O) groups is 3. The van der Waals surface area contributed by atoms with Crippen LogP contribution in [0.4, 0.5) is 4.79 Å². The standard InChI is InChI=1S/C29H44N4O3/c1-22-11-6-7-12-23(22)21-29(26(35)33(27(36)30-29)18-10-17-31(3)4)24-13-19-32(20-14-24)25(34)28(2)15-8-5-9-16-28/h6-7,11-12,24H,5,8-10,13-21H2,1-4H3,(H,30,36). The van der Waals surface area contributed by atoms with Gasteiger partial charge < -0.3 is 15.1 Å². The Bertz CT molecular complexity index is 963. The van der Waals surface area contributed by atoms with E-state index in [2.05, 4.69) is 36.2 Å². The van der Waals surface area contributed by atoms with Crippen LogP contribution in [0.5, 0.6) is 0 Å². The summed E-state index contributed by atoms with van der Waals surface area (Å²) in [5.41, 5.74) is 1.02. The van der Waals surface area contributed by atoms with Crippen LogP contribution in [-0.2, 0) is 16.0 Å². The third-order valence-electron chi connectivity index (χ3n) is 8.87. The minimum atomic E-state index is -0.953. The molecule has 0 spiro atoms. The maximum Gasteiger partial charge on any atom is 0.325 e. The number of piperidine rings is 1. The van der Waals surface area contributed by atoms with Crippen molar-refractivity contribution in [3.8, 4) is 0 Å². The molecule has 0 aromatic heterocycles. The van der Waals surface area contributed by atoms with Crippen LogP contribution in [0.1, 0.15) is 69.4 Å². The molecule has 1 N–H and O–H groups in total. The van der Waals surface area contributed by atoms with Crippen LogP contribution in [0.3, 0.4) is 0 Å². The highest BCUT2D eigenvalue weighted by molar-refractivity contribution is 6.07. The summed E-state index contributed by atoms with van der Waals surface area (Å²) >= 11 is 0. The van der Waals surface area contributed by atoms with Gasteiger partial charge >= 0.3 is 6.03 Å². The molecule has 4 rings (SSSR count). The molecule has 4 amide bonds. The van der Waals surface area contributed by atoms with Crippen LogP contribution < -0.4 is 5.32 Å². The second-order valence-electron chi connectivity index (χ2n) is 11.8. The largest absolute Gasteiger partial charge is 0.342 e. The molecule has 1 aliphatic carbocycles. The lowest BCUT2D eigenvalue weighted by Crippen LogP contribution is -2.58. The molecule has 36 heavy (non-hydrogen) atoms. The minimum absolute atomic E-state index is 0.00406. The zero-order valence-electron chi connectivity index (χ0n) is 22.6. The van der Waals surface area contributed by atoms with Crippen molar-refractivity contribution < 1.29 is 14.4 Å². The smallest absolute Gasteiger partial charge is 0.325 e. The fraction of sp³-hybridized carbons (Fsp3) is 0.690. The number of nitrogens with one attached hydrogen (secondary N) is 1. The Kier molecular flexibility index (Phi) is 8.08. The van der Waals surface area contributed by atoms with Crippen LogP contribution in [-0.4, -0.2) is 78.4 Å². The third-order valence-corrected chi connectivity index (χ3v) is 8.87. The summed E-state index contributed by atoms with van der Waals surface area (Å²) in [6, 6.07) is 7.85. The molecule has 2 aliphatic heterocycles. The third kappa shape index (κ3) is 5.31. The van der Waals surface area contributed by atoms with E-state index in [9.17, 15) is 14.4 Å². The number of nitrogens with zero attached hydrogens (tertiary/aromatic N) is 3. The number of rotatable bonds is 8. The number of hydrogen-bond donors (Lipinski definition) is 1. The number of hydrogen-bond acceptors (Lipinski definition) is 4. The molecule has 1 aromatic rings. The molecular weight excluding hydrogens is 452 g/mol. The molecule has 1 unspecified atom stereocenters. The number of imide groups is 1. The van der Waals surface area contributed by atoms with E-state index in [0.29, 0.717) is 26.1 Å². The Morgan fingerprint density at radius 3 is 2.39 bits per heavy atom. The zero-order chi connectivity index (χ0) is 25.9. The van der Waals surface area contributed by atoms with E-state index in [1.54, 1.807) is 0 Å². The minimum Gasteiger partial charge on any atom is -0.342 e. The SMILES string of the molecule is Cc1ccccc1CC1(C2CCN(C(=O)C3(C)CCCCC3)CC2)NC(=O)N(CCCN(C)C)C1=O. The van der Waals surface area contributed by atoms with Gasteiger partial charge in [-0.1, -0.05) is 50.5 Å². The summed E-state index contributed by atoms with van der Waals surface area (Å²) in [6.45, 7) is 6.74. The lowest BCUT2D eigenvalue weighted by Gasteiger charge is -2.44. The number of amides is 4. The molecule has 0 radical (unpaired) electrons. The molecule has 3 aliphatic rings. The Morgan fingerprint density at radius 1 is 1.08 bits per heavy atom. The van der Waals surface area contributed by atoms with Gasteiger partial charge in [-0.2, -0.15) is 0 Å².